The van der Waals surface area contributed by atoms with Gasteiger partial charge in [-0.15, -0.1) is 0 Å². The first-order valence-electron chi connectivity index (χ1n) is 5.36. The topological polar surface area (TPSA) is 46.6 Å². The lowest BCUT2D eigenvalue weighted by Gasteiger charge is -2.21. The van der Waals surface area contributed by atoms with E-state index in [2.05, 4.69) is 4.74 Å². The number of Topliss-reactive ketones (excluding diaryl/α,β-unsaturated/α-hetero) is 1. The van der Waals surface area contributed by atoms with Crippen molar-refractivity contribution >= 4 is 11.9 Å². The molecule has 4 nitrogen and oxygen atoms in total. The normalized spacial score (nSPS) is 18.2. The minimum atomic E-state index is -0.506. The Balaban J connectivity index is 2.18. The molecule has 0 fully saturated rings. The van der Waals surface area contributed by atoms with E-state index in [4.69, 9.17) is 0 Å². The van der Waals surface area contributed by atoms with Gasteiger partial charge in [-0.2, -0.15) is 0 Å². The second-order valence-electron chi connectivity index (χ2n) is 3.74. The molecule has 1 heterocycles. The molecular formula is C13H13NO3. The van der Waals surface area contributed by atoms with Gasteiger partial charge in [0.2, 0.25) is 0 Å². The van der Waals surface area contributed by atoms with Crippen molar-refractivity contribution in [3.63, 3.8) is 0 Å². The van der Waals surface area contributed by atoms with E-state index in [-0.39, 0.29) is 5.78 Å². The highest BCUT2D eigenvalue weighted by atomic mass is 16.5. The van der Waals surface area contributed by atoms with Crippen LogP contribution in [0.5, 0.6) is 0 Å². The van der Waals surface area contributed by atoms with Gasteiger partial charge in [-0.25, -0.2) is 4.79 Å². The number of ether oxygens (including phenoxy) is 1. The Morgan fingerprint density at radius 1 is 1.29 bits per heavy atom. The van der Waals surface area contributed by atoms with E-state index in [0.717, 1.165) is 0 Å². The van der Waals surface area contributed by atoms with Crippen LogP contribution < -0.4 is 0 Å². The number of ketones is 1. The number of carbonyl (C=O) groups excluding carboxylic acids is 2. The molecule has 2 rings (SSSR count). The molecule has 0 saturated heterocycles. The van der Waals surface area contributed by atoms with Crippen molar-refractivity contribution in [2.45, 2.75) is 12.5 Å². The number of rotatable bonds is 2. The second-order valence-corrected chi connectivity index (χ2v) is 3.74. The monoisotopic (exact) mass is 231 g/mol. The second kappa shape index (κ2) is 4.82. The Hall–Kier alpha value is -2.10. The lowest BCUT2D eigenvalue weighted by Crippen LogP contribution is -2.38. The Labute approximate surface area is 99.5 Å². The van der Waals surface area contributed by atoms with Crippen LogP contribution in [-0.4, -0.2) is 29.9 Å². The summed E-state index contributed by atoms with van der Waals surface area (Å²) in [7, 11) is 1.30. The van der Waals surface area contributed by atoms with Crippen molar-refractivity contribution in [2.24, 2.45) is 0 Å². The number of hydrogen-bond acceptors (Lipinski definition) is 3. The Kier molecular flexibility index (Phi) is 3.23. The predicted molar refractivity (Wildman–Crippen MR) is 62.6 cm³/mol. The van der Waals surface area contributed by atoms with Crippen LogP contribution in [0.3, 0.4) is 0 Å². The van der Waals surface area contributed by atoms with Crippen LogP contribution in [0.2, 0.25) is 0 Å². The minimum absolute atomic E-state index is 0.0685. The SMILES string of the molecule is COC(=O)N1C=CCC1C(=O)c1ccccc1. The number of benzene rings is 1. The van der Waals surface area contributed by atoms with Gasteiger partial charge in [0, 0.05) is 11.8 Å². The lowest BCUT2D eigenvalue weighted by molar-refractivity contribution is 0.0845. The van der Waals surface area contributed by atoms with Gasteiger partial charge in [-0.1, -0.05) is 36.4 Å². The van der Waals surface area contributed by atoms with Crippen LogP contribution in [0.1, 0.15) is 16.8 Å². The standard InChI is InChI=1S/C13H13NO3/c1-17-13(16)14-9-5-8-11(14)12(15)10-6-3-2-4-7-10/h2-7,9,11H,8H2,1H3. The maximum absolute atomic E-state index is 12.2. The van der Waals surface area contributed by atoms with Gasteiger partial charge in [-0.05, 0) is 6.42 Å². The van der Waals surface area contributed by atoms with Crippen LogP contribution in [0.25, 0.3) is 0 Å². The van der Waals surface area contributed by atoms with Crippen molar-refractivity contribution < 1.29 is 14.3 Å². The molecule has 1 aliphatic heterocycles. The Morgan fingerprint density at radius 3 is 2.65 bits per heavy atom. The summed E-state index contributed by atoms with van der Waals surface area (Å²) in [4.78, 5) is 25.0. The molecule has 0 saturated carbocycles. The van der Waals surface area contributed by atoms with Crippen LogP contribution in [-0.2, 0) is 4.74 Å². The summed E-state index contributed by atoms with van der Waals surface area (Å²) in [6.07, 6.45) is 3.41. The Morgan fingerprint density at radius 2 is 2.00 bits per heavy atom. The molecule has 4 heteroatoms. The quantitative estimate of drug-likeness (QED) is 0.733. The molecule has 0 N–H and O–H groups in total. The third-order valence-electron chi connectivity index (χ3n) is 2.71. The molecule has 0 spiro atoms. The zero-order valence-electron chi connectivity index (χ0n) is 9.50. The largest absolute Gasteiger partial charge is 0.452 e. The van der Waals surface area contributed by atoms with E-state index in [1.165, 1.54) is 12.0 Å². The average molecular weight is 231 g/mol. The molecule has 0 radical (unpaired) electrons. The smallest absolute Gasteiger partial charge is 0.414 e. The van der Waals surface area contributed by atoms with E-state index in [0.29, 0.717) is 12.0 Å². The molecular weight excluding hydrogens is 218 g/mol. The molecule has 0 bridgehead atoms. The summed E-state index contributed by atoms with van der Waals surface area (Å²) in [6.45, 7) is 0. The van der Waals surface area contributed by atoms with Gasteiger partial charge < -0.3 is 4.74 Å². The summed E-state index contributed by atoms with van der Waals surface area (Å²) in [5, 5.41) is 0. The highest BCUT2D eigenvalue weighted by Crippen LogP contribution is 2.19. The number of hydrogen-bond donors (Lipinski definition) is 0. The zero-order valence-corrected chi connectivity index (χ0v) is 9.50. The molecule has 1 aromatic rings. The first-order chi connectivity index (χ1) is 8.24. The van der Waals surface area contributed by atoms with Gasteiger partial charge in [0.15, 0.2) is 5.78 Å². The van der Waals surface area contributed by atoms with Crippen LogP contribution in [0, 0.1) is 0 Å². The van der Waals surface area contributed by atoms with E-state index in [9.17, 15) is 9.59 Å². The van der Waals surface area contributed by atoms with E-state index in [1.54, 1.807) is 36.5 Å². The zero-order chi connectivity index (χ0) is 12.3. The highest BCUT2D eigenvalue weighted by Gasteiger charge is 2.31. The van der Waals surface area contributed by atoms with Gasteiger partial charge in [0.25, 0.3) is 0 Å². The fourth-order valence-corrected chi connectivity index (χ4v) is 1.84. The van der Waals surface area contributed by atoms with Crippen molar-refractivity contribution in [1.29, 1.82) is 0 Å². The molecule has 88 valence electrons. The average Bonchev–Trinajstić information content (AvgIpc) is 2.87. The molecule has 0 aromatic heterocycles. The highest BCUT2D eigenvalue weighted by molar-refractivity contribution is 6.02. The number of nitrogens with zero attached hydrogens (tertiary/aromatic N) is 1. The van der Waals surface area contributed by atoms with Crippen molar-refractivity contribution in [3.8, 4) is 0 Å². The Bertz CT molecular complexity index is 453. The lowest BCUT2D eigenvalue weighted by atomic mass is 10.0. The predicted octanol–water partition coefficient (Wildman–Crippen LogP) is 2.22. The summed E-state index contributed by atoms with van der Waals surface area (Å²) in [5.74, 6) is -0.0685. The first-order valence-corrected chi connectivity index (χ1v) is 5.36. The molecule has 17 heavy (non-hydrogen) atoms. The summed E-state index contributed by atoms with van der Waals surface area (Å²) >= 11 is 0. The van der Waals surface area contributed by atoms with Gasteiger partial charge in [0.05, 0.1) is 7.11 Å². The van der Waals surface area contributed by atoms with Gasteiger partial charge >= 0.3 is 6.09 Å². The van der Waals surface area contributed by atoms with Crippen LogP contribution >= 0.6 is 0 Å². The number of methoxy groups -OCH3 is 1. The van der Waals surface area contributed by atoms with Crippen molar-refractivity contribution in [2.75, 3.05) is 7.11 Å². The summed E-state index contributed by atoms with van der Waals surface area (Å²) < 4.78 is 4.63. The van der Waals surface area contributed by atoms with Crippen molar-refractivity contribution in [3.05, 3.63) is 48.2 Å². The molecule has 1 atom stereocenters. The third kappa shape index (κ3) is 2.20. The molecule has 1 aromatic carbocycles. The summed E-state index contributed by atoms with van der Waals surface area (Å²) in [6, 6.07) is 8.47. The van der Waals surface area contributed by atoms with E-state index in [1.807, 2.05) is 6.07 Å². The van der Waals surface area contributed by atoms with Gasteiger partial charge in [-0.3, -0.25) is 9.69 Å². The molecule has 0 aliphatic carbocycles. The van der Waals surface area contributed by atoms with E-state index < -0.39 is 12.1 Å². The first kappa shape index (κ1) is 11.4. The van der Waals surface area contributed by atoms with Gasteiger partial charge in [0.1, 0.15) is 6.04 Å². The van der Waals surface area contributed by atoms with Crippen molar-refractivity contribution in [1.82, 2.24) is 4.90 Å². The van der Waals surface area contributed by atoms with E-state index >= 15 is 0 Å². The molecule has 1 unspecified atom stereocenters. The maximum atomic E-state index is 12.2. The number of carbonyl (C=O) groups is 2. The third-order valence-corrected chi connectivity index (χ3v) is 2.71. The maximum Gasteiger partial charge on any atom is 0.414 e. The van der Waals surface area contributed by atoms with Crippen LogP contribution in [0.4, 0.5) is 4.79 Å². The molecule has 1 aliphatic rings. The fourth-order valence-electron chi connectivity index (χ4n) is 1.84. The molecule has 1 amide bonds. The fraction of sp³-hybridized carbons (Fsp3) is 0.231. The van der Waals surface area contributed by atoms with Crippen LogP contribution in [0.15, 0.2) is 42.6 Å². The minimum Gasteiger partial charge on any atom is -0.452 e. The summed E-state index contributed by atoms with van der Waals surface area (Å²) in [5.41, 5.74) is 0.607. The number of amides is 1.